The van der Waals surface area contributed by atoms with Gasteiger partial charge in [-0.15, -0.1) is 0 Å². The van der Waals surface area contributed by atoms with Crippen LogP contribution in [-0.4, -0.2) is 17.5 Å². The first-order chi connectivity index (χ1) is 13.1. The normalized spacial score (nSPS) is 30.1. The molecule has 27 heavy (non-hydrogen) atoms. The smallest absolute Gasteiger partial charge is 0.131 e. The molecule has 1 N–H and O–H groups in total. The average Bonchev–Trinajstić information content (AvgIpc) is 3.17. The Morgan fingerprint density at radius 2 is 1.22 bits per heavy atom. The summed E-state index contributed by atoms with van der Waals surface area (Å²) in [5, 5.41) is 15.3. The Hall–Kier alpha value is -2.71. The van der Waals surface area contributed by atoms with Gasteiger partial charge in [0.25, 0.3) is 0 Å². The van der Waals surface area contributed by atoms with Crippen LogP contribution in [0, 0.1) is 0 Å². The summed E-state index contributed by atoms with van der Waals surface area (Å²) < 4.78 is 0. The highest BCUT2D eigenvalue weighted by molar-refractivity contribution is 6.00. The van der Waals surface area contributed by atoms with Gasteiger partial charge in [-0.05, 0) is 67.9 Å². The predicted octanol–water partition coefficient (Wildman–Crippen LogP) is 5.06. The summed E-state index contributed by atoms with van der Waals surface area (Å²) in [5.74, 6) is 0.464. The molecule has 3 aliphatic carbocycles. The van der Waals surface area contributed by atoms with E-state index in [1.807, 2.05) is 6.08 Å². The molecule has 0 radical (unpaired) electrons. The maximum Gasteiger partial charge on any atom is 0.131 e. The van der Waals surface area contributed by atoms with Gasteiger partial charge in [-0.1, -0.05) is 49.4 Å². The molecule has 0 aliphatic heterocycles. The van der Waals surface area contributed by atoms with Gasteiger partial charge in [0.15, 0.2) is 0 Å². The fraction of sp³-hybridized carbons (Fsp3) is 0.240. The van der Waals surface area contributed by atoms with Crippen molar-refractivity contribution in [2.24, 2.45) is 0 Å². The zero-order valence-electron chi connectivity index (χ0n) is 15.1. The molecule has 2 heteroatoms. The van der Waals surface area contributed by atoms with Crippen molar-refractivity contribution >= 4 is 27.8 Å². The van der Waals surface area contributed by atoms with Crippen molar-refractivity contribution in [1.29, 1.82) is 0 Å². The zero-order valence-corrected chi connectivity index (χ0v) is 15.1. The van der Waals surface area contributed by atoms with E-state index in [4.69, 9.17) is 0 Å². The number of aliphatic hydroxyl groups is 1. The number of benzene rings is 3. The molecule has 3 aliphatic rings. The number of aliphatic hydroxyl groups excluding tert-OH is 1. The van der Waals surface area contributed by atoms with Gasteiger partial charge >= 0.3 is 0 Å². The highest BCUT2D eigenvalue weighted by atomic mass is 16.3. The largest absolute Gasteiger partial charge is 0.391 e. The predicted molar refractivity (Wildman–Crippen MR) is 108 cm³/mol. The van der Waals surface area contributed by atoms with Gasteiger partial charge < -0.3 is 9.90 Å². The Morgan fingerprint density at radius 3 is 1.78 bits per heavy atom. The van der Waals surface area contributed by atoms with E-state index < -0.39 is 0 Å². The number of hydrogen-bond donors (Lipinski definition) is 1. The first-order valence-corrected chi connectivity index (χ1v) is 9.69. The maximum atomic E-state index is 11.5. The van der Waals surface area contributed by atoms with E-state index in [1.54, 1.807) is 0 Å². The number of hydrogen-bond acceptors (Lipinski definition) is 2. The Morgan fingerprint density at radius 1 is 0.704 bits per heavy atom. The highest BCUT2D eigenvalue weighted by Gasteiger charge is 2.41. The number of allylic oxidation sites excluding steroid dienone is 2. The molecule has 6 rings (SSSR count). The van der Waals surface area contributed by atoms with Crippen molar-refractivity contribution in [2.75, 3.05) is 0 Å². The lowest BCUT2D eigenvalue weighted by Crippen LogP contribution is -2.09. The summed E-state index contributed by atoms with van der Waals surface area (Å²) in [6, 6.07) is 13.5. The van der Waals surface area contributed by atoms with Crippen molar-refractivity contribution in [1.82, 2.24) is 0 Å². The van der Waals surface area contributed by atoms with Crippen molar-refractivity contribution in [2.45, 2.75) is 36.7 Å². The van der Waals surface area contributed by atoms with E-state index in [-0.39, 0.29) is 23.9 Å². The second kappa shape index (κ2) is 5.17. The first kappa shape index (κ1) is 15.4. The average molecular weight is 352 g/mol. The minimum atomic E-state index is -0.307. The number of fused-ring (bicyclic) bond motifs is 8. The topological polar surface area (TPSA) is 37.3 Å². The standard InChI is InChI=1S/C25H20O2/c1-13-2-3-14(12-26)22-9-16-7-18-11-24-20-5-4-19(25(20)27)23(24)10-17(18)6-15(16)8-21(13)22/h2-14,19-20,25,27H,1H3/t13?,14?,19?,20?,25-/m0/s1. The summed E-state index contributed by atoms with van der Waals surface area (Å²) in [5.41, 5.74) is 4.92. The molecule has 132 valence electrons. The van der Waals surface area contributed by atoms with Crippen molar-refractivity contribution in [3.05, 3.63) is 83.0 Å². The molecule has 0 saturated carbocycles. The Kier molecular flexibility index (Phi) is 2.94. The molecule has 3 aromatic rings. The minimum Gasteiger partial charge on any atom is -0.391 e. The minimum absolute atomic E-state index is 0.138. The summed E-state index contributed by atoms with van der Waals surface area (Å²) in [4.78, 5) is 11.5. The summed E-state index contributed by atoms with van der Waals surface area (Å²) >= 11 is 0. The molecular weight excluding hydrogens is 332 g/mol. The zero-order chi connectivity index (χ0) is 18.3. The van der Waals surface area contributed by atoms with Crippen molar-refractivity contribution < 1.29 is 9.90 Å². The van der Waals surface area contributed by atoms with Gasteiger partial charge in [0.1, 0.15) is 6.29 Å². The third-order valence-electron chi connectivity index (χ3n) is 6.78. The van der Waals surface area contributed by atoms with Crippen LogP contribution in [0.2, 0.25) is 0 Å². The van der Waals surface area contributed by atoms with Gasteiger partial charge in [-0.3, -0.25) is 0 Å². The highest BCUT2D eigenvalue weighted by Crippen LogP contribution is 2.50. The fourth-order valence-corrected chi connectivity index (χ4v) is 5.31. The molecule has 2 nitrogen and oxygen atoms in total. The first-order valence-electron chi connectivity index (χ1n) is 9.69. The van der Waals surface area contributed by atoms with E-state index in [0.29, 0.717) is 5.92 Å². The van der Waals surface area contributed by atoms with E-state index in [2.05, 4.69) is 61.5 Å². The van der Waals surface area contributed by atoms with E-state index in [1.165, 1.54) is 38.2 Å². The van der Waals surface area contributed by atoms with Gasteiger partial charge in [0.2, 0.25) is 0 Å². The van der Waals surface area contributed by atoms with E-state index >= 15 is 0 Å². The van der Waals surface area contributed by atoms with E-state index in [0.717, 1.165) is 11.8 Å². The fourth-order valence-electron chi connectivity index (χ4n) is 5.31. The van der Waals surface area contributed by atoms with Crippen LogP contribution in [0.1, 0.15) is 52.8 Å². The molecule has 5 atom stereocenters. The number of aldehydes is 1. The summed E-state index contributed by atoms with van der Waals surface area (Å²) in [6.45, 7) is 2.18. The van der Waals surface area contributed by atoms with Crippen molar-refractivity contribution in [3.8, 4) is 0 Å². The van der Waals surface area contributed by atoms with Gasteiger partial charge in [-0.2, -0.15) is 0 Å². The molecule has 2 bridgehead atoms. The lowest BCUT2D eigenvalue weighted by atomic mass is 9.81. The molecular formula is C25H20O2. The Balaban J connectivity index is 1.60. The molecule has 3 aromatic carbocycles. The number of rotatable bonds is 1. The molecule has 0 spiro atoms. The molecule has 0 fully saturated rings. The van der Waals surface area contributed by atoms with Crippen LogP contribution in [-0.2, 0) is 4.79 Å². The molecule has 4 unspecified atom stereocenters. The van der Waals surface area contributed by atoms with Crippen LogP contribution in [0.5, 0.6) is 0 Å². The Bertz CT molecular complexity index is 1200. The third kappa shape index (κ3) is 1.97. The van der Waals surface area contributed by atoms with Gasteiger partial charge in [0, 0.05) is 11.8 Å². The Labute approximate surface area is 157 Å². The van der Waals surface area contributed by atoms with Gasteiger partial charge in [-0.25, -0.2) is 0 Å². The van der Waals surface area contributed by atoms with Crippen LogP contribution >= 0.6 is 0 Å². The molecule has 0 heterocycles. The van der Waals surface area contributed by atoms with Gasteiger partial charge in [0.05, 0.1) is 12.0 Å². The van der Waals surface area contributed by atoms with Crippen LogP contribution in [0.15, 0.2) is 60.7 Å². The van der Waals surface area contributed by atoms with Crippen LogP contribution in [0.4, 0.5) is 0 Å². The summed E-state index contributed by atoms with van der Waals surface area (Å²) in [6.07, 6.45) is 9.16. The SMILES string of the molecule is CC1C=CC(C=O)c2cc3cc4cc5c(cc4cc3cc21)C1C=CC5[C@H]1O. The third-order valence-corrected chi connectivity index (χ3v) is 6.78. The molecule has 0 aromatic heterocycles. The molecule has 0 saturated heterocycles. The monoisotopic (exact) mass is 352 g/mol. The van der Waals surface area contributed by atoms with E-state index in [9.17, 15) is 9.90 Å². The lowest BCUT2D eigenvalue weighted by molar-refractivity contribution is -0.108. The second-order valence-electron chi connectivity index (χ2n) is 8.27. The number of carbonyl (C=O) groups is 1. The lowest BCUT2D eigenvalue weighted by Gasteiger charge is -2.22. The second-order valence-corrected chi connectivity index (χ2v) is 8.27. The van der Waals surface area contributed by atoms with Crippen LogP contribution in [0.3, 0.4) is 0 Å². The van der Waals surface area contributed by atoms with Crippen LogP contribution < -0.4 is 0 Å². The quantitative estimate of drug-likeness (QED) is 0.378. The number of carbonyl (C=O) groups excluding carboxylic acids is 1. The maximum absolute atomic E-state index is 11.5. The van der Waals surface area contributed by atoms with Crippen LogP contribution in [0.25, 0.3) is 21.5 Å². The molecule has 0 amide bonds. The van der Waals surface area contributed by atoms with Crippen molar-refractivity contribution in [3.63, 3.8) is 0 Å². The summed E-state index contributed by atoms with van der Waals surface area (Å²) in [7, 11) is 0.